The first kappa shape index (κ1) is 23.1. The first-order chi connectivity index (χ1) is 14.3. The van der Waals surface area contributed by atoms with Gasteiger partial charge in [0.1, 0.15) is 5.75 Å². The van der Waals surface area contributed by atoms with Crippen molar-refractivity contribution in [3.8, 4) is 16.9 Å². The molecule has 3 rings (SSSR count). The number of ether oxygens (including phenoxy) is 1. The minimum atomic E-state index is -0.994. The summed E-state index contributed by atoms with van der Waals surface area (Å²) in [5.74, 6) is -0.826. The van der Waals surface area contributed by atoms with Crippen LogP contribution in [0.3, 0.4) is 0 Å². The van der Waals surface area contributed by atoms with E-state index in [0.29, 0.717) is 5.75 Å². The zero-order chi connectivity index (χ0) is 23.0. The monoisotopic (exact) mass is 422 g/mol. The van der Waals surface area contributed by atoms with Gasteiger partial charge in [-0.3, -0.25) is 9.59 Å². The van der Waals surface area contributed by atoms with E-state index >= 15 is 0 Å². The number of fused-ring (bicyclic) bond motifs is 3. The standard InChI is InChI=1S/C27H34O4/c1-26(2,3)15-18-14-20-19-10-8-7-9-17(19)13-21(20)25(22(18)16-27(4,5)6)31-24(30)12-11-23(28)29/h7-10,14H,11-13,15-16H2,1-6H3,(H,28,29). The van der Waals surface area contributed by atoms with Crippen LogP contribution in [0, 0.1) is 10.8 Å². The van der Waals surface area contributed by atoms with Crippen molar-refractivity contribution < 1.29 is 19.4 Å². The molecule has 0 unspecified atom stereocenters. The fraction of sp³-hybridized carbons (Fsp3) is 0.481. The van der Waals surface area contributed by atoms with Crippen molar-refractivity contribution in [1.82, 2.24) is 0 Å². The number of hydrogen-bond donors (Lipinski definition) is 1. The van der Waals surface area contributed by atoms with E-state index in [1.165, 1.54) is 16.7 Å². The number of hydrogen-bond acceptors (Lipinski definition) is 3. The van der Waals surface area contributed by atoms with Crippen molar-refractivity contribution in [2.45, 2.75) is 73.6 Å². The van der Waals surface area contributed by atoms with Crippen LogP contribution in [0.1, 0.15) is 76.6 Å². The second-order valence-corrected chi connectivity index (χ2v) is 11.0. The largest absolute Gasteiger partial charge is 0.481 e. The quantitative estimate of drug-likeness (QED) is 0.379. The molecule has 0 radical (unpaired) electrons. The van der Waals surface area contributed by atoms with Crippen LogP contribution in [-0.2, 0) is 28.9 Å². The topological polar surface area (TPSA) is 63.6 Å². The van der Waals surface area contributed by atoms with Gasteiger partial charge in [0, 0.05) is 12.0 Å². The summed E-state index contributed by atoms with van der Waals surface area (Å²) < 4.78 is 5.97. The molecule has 0 heterocycles. The average molecular weight is 423 g/mol. The number of rotatable bonds is 6. The van der Waals surface area contributed by atoms with Crippen molar-refractivity contribution >= 4 is 11.9 Å². The van der Waals surface area contributed by atoms with Crippen LogP contribution in [0.2, 0.25) is 0 Å². The first-order valence-electron chi connectivity index (χ1n) is 11.0. The fourth-order valence-electron chi connectivity index (χ4n) is 4.29. The van der Waals surface area contributed by atoms with Crippen LogP contribution in [0.5, 0.6) is 5.75 Å². The second-order valence-electron chi connectivity index (χ2n) is 11.0. The molecule has 31 heavy (non-hydrogen) atoms. The summed E-state index contributed by atoms with van der Waals surface area (Å²) in [6.45, 7) is 13.2. The average Bonchev–Trinajstić information content (AvgIpc) is 2.99. The van der Waals surface area contributed by atoms with Gasteiger partial charge < -0.3 is 9.84 Å². The van der Waals surface area contributed by atoms with E-state index in [1.807, 2.05) is 12.1 Å². The van der Waals surface area contributed by atoms with E-state index < -0.39 is 11.9 Å². The molecule has 0 aliphatic heterocycles. The summed E-state index contributed by atoms with van der Waals surface area (Å²) in [6.07, 6.45) is 2.02. The fourth-order valence-corrected chi connectivity index (χ4v) is 4.29. The molecular formula is C27H34O4. The van der Waals surface area contributed by atoms with Crippen molar-refractivity contribution in [2.75, 3.05) is 0 Å². The number of carbonyl (C=O) groups is 2. The highest BCUT2D eigenvalue weighted by atomic mass is 16.5. The van der Waals surface area contributed by atoms with Crippen LogP contribution in [-0.4, -0.2) is 17.0 Å². The van der Waals surface area contributed by atoms with Gasteiger partial charge in [-0.05, 0) is 51.5 Å². The molecule has 0 aromatic heterocycles. The van der Waals surface area contributed by atoms with Crippen molar-refractivity contribution in [3.63, 3.8) is 0 Å². The van der Waals surface area contributed by atoms with Crippen molar-refractivity contribution in [1.29, 1.82) is 0 Å². The van der Waals surface area contributed by atoms with Gasteiger partial charge in [0.25, 0.3) is 0 Å². The highest BCUT2D eigenvalue weighted by molar-refractivity contribution is 5.84. The lowest BCUT2D eigenvalue weighted by Gasteiger charge is -2.28. The van der Waals surface area contributed by atoms with E-state index in [4.69, 9.17) is 9.84 Å². The molecule has 4 nitrogen and oxygen atoms in total. The molecule has 2 aromatic rings. The highest BCUT2D eigenvalue weighted by Crippen LogP contribution is 2.46. The lowest BCUT2D eigenvalue weighted by molar-refractivity contribution is -0.142. The number of esters is 1. The molecule has 0 atom stereocenters. The molecule has 0 bridgehead atoms. The van der Waals surface area contributed by atoms with E-state index in [-0.39, 0.29) is 23.7 Å². The maximum absolute atomic E-state index is 12.6. The normalized spacial score (nSPS) is 13.0. The lowest BCUT2D eigenvalue weighted by atomic mass is 9.79. The Hall–Kier alpha value is -2.62. The first-order valence-corrected chi connectivity index (χ1v) is 11.0. The highest BCUT2D eigenvalue weighted by Gasteiger charge is 2.30. The smallest absolute Gasteiger partial charge is 0.311 e. The summed E-state index contributed by atoms with van der Waals surface area (Å²) in [7, 11) is 0. The predicted octanol–water partition coefficient (Wildman–Crippen LogP) is 6.21. The number of benzene rings is 2. The SMILES string of the molecule is CC(C)(C)Cc1cc2c(c(OC(=O)CCC(=O)O)c1CC(C)(C)C)Cc1ccccc1-2. The Balaban J connectivity index is 2.17. The summed E-state index contributed by atoms with van der Waals surface area (Å²) in [5.41, 5.74) is 6.97. The molecule has 166 valence electrons. The van der Waals surface area contributed by atoms with Gasteiger partial charge in [-0.15, -0.1) is 0 Å². The molecule has 1 aliphatic carbocycles. The number of carbonyl (C=O) groups excluding carboxylic acids is 1. The van der Waals surface area contributed by atoms with E-state index in [0.717, 1.165) is 36.0 Å². The maximum Gasteiger partial charge on any atom is 0.311 e. The van der Waals surface area contributed by atoms with Crippen LogP contribution in [0.25, 0.3) is 11.1 Å². The Morgan fingerprint density at radius 1 is 0.935 bits per heavy atom. The molecule has 0 saturated heterocycles. The summed E-state index contributed by atoms with van der Waals surface area (Å²) in [5, 5.41) is 8.97. The molecule has 2 aromatic carbocycles. The molecule has 4 heteroatoms. The third kappa shape index (κ3) is 5.75. The number of aliphatic carboxylic acids is 1. The molecule has 0 fully saturated rings. The molecule has 1 aliphatic rings. The minimum Gasteiger partial charge on any atom is -0.481 e. The van der Waals surface area contributed by atoms with Crippen LogP contribution >= 0.6 is 0 Å². The third-order valence-corrected chi connectivity index (χ3v) is 5.44. The van der Waals surface area contributed by atoms with E-state index in [9.17, 15) is 9.59 Å². The molecular weight excluding hydrogens is 388 g/mol. The molecule has 1 N–H and O–H groups in total. The lowest BCUT2D eigenvalue weighted by Crippen LogP contribution is -2.19. The zero-order valence-electron chi connectivity index (χ0n) is 19.6. The Labute approximate surface area is 185 Å². The molecule has 0 spiro atoms. The third-order valence-electron chi connectivity index (χ3n) is 5.44. The van der Waals surface area contributed by atoms with Crippen molar-refractivity contribution in [2.24, 2.45) is 10.8 Å². The summed E-state index contributed by atoms with van der Waals surface area (Å²) in [6, 6.07) is 10.6. The summed E-state index contributed by atoms with van der Waals surface area (Å²) >= 11 is 0. The number of carboxylic acid groups (broad SMARTS) is 1. The van der Waals surface area contributed by atoms with Crippen LogP contribution in [0.4, 0.5) is 0 Å². The van der Waals surface area contributed by atoms with E-state index in [2.05, 4.69) is 59.7 Å². The molecule has 0 amide bonds. The van der Waals surface area contributed by atoms with Gasteiger partial charge in [0.05, 0.1) is 12.8 Å². The Morgan fingerprint density at radius 3 is 2.19 bits per heavy atom. The van der Waals surface area contributed by atoms with Gasteiger partial charge in [-0.2, -0.15) is 0 Å². The van der Waals surface area contributed by atoms with Gasteiger partial charge in [0.15, 0.2) is 0 Å². The Kier molecular flexibility index (Phi) is 6.31. The maximum atomic E-state index is 12.6. The second kappa shape index (κ2) is 8.49. The van der Waals surface area contributed by atoms with Gasteiger partial charge in [-0.25, -0.2) is 0 Å². The van der Waals surface area contributed by atoms with Gasteiger partial charge >= 0.3 is 11.9 Å². The number of carboxylic acids is 1. The Morgan fingerprint density at radius 2 is 1.58 bits per heavy atom. The minimum absolute atomic E-state index is 0.00848. The van der Waals surface area contributed by atoms with Crippen LogP contribution in [0.15, 0.2) is 30.3 Å². The van der Waals surface area contributed by atoms with E-state index in [1.54, 1.807) is 0 Å². The zero-order valence-corrected chi connectivity index (χ0v) is 19.6. The molecule has 0 saturated carbocycles. The predicted molar refractivity (Wildman–Crippen MR) is 124 cm³/mol. The Bertz CT molecular complexity index is 1000. The van der Waals surface area contributed by atoms with Gasteiger partial charge in [-0.1, -0.05) is 71.9 Å². The van der Waals surface area contributed by atoms with Crippen molar-refractivity contribution in [3.05, 3.63) is 52.6 Å². The van der Waals surface area contributed by atoms with Gasteiger partial charge in [0.2, 0.25) is 0 Å². The summed E-state index contributed by atoms with van der Waals surface area (Å²) in [4.78, 5) is 23.6. The van der Waals surface area contributed by atoms with Crippen LogP contribution < -0.4 is 4.74 Å².